The third-order valence-electron chi connectivity index (χ3n) is 7.57. The van der Waals surface area contributed by atoms with Crippen molar-refractivity contribution in [3.63, 3.8) is 0 Å². The number of aromatic nitrogens is 3. The number of hydrogen-bond donors (Lipinski definition) is 3. The minimum absolute atomic E-state index is 0.0727. The van der Waals surface area contributed by atoms with E-state index in [1.807, 2.05) is 43.3 Å². The van der Waals surface area contributed by atoms with Gasteiger partial charge in [0.2, 0.25) is 15.9 Å². The first kappa shape index (κ1) is 26.4. The molecule has 2 aromatic heterocycles. The van der Waals surface area contributed by atoms with E-state index in [0.29, 0.717) is 61.2 Å². The van der Waals surface area contributed by atoms with Crippen LogP contribution in [0.25, 0.3) is 22.0 Å². The van der Waals surface area contributed by atoms with Gasteiger partial charge in [0.25, 0.3) is 0 Å². The summed E-state index contributed by atoms with van der Waals surface area (Å²) in [7, 11) is -3.53. The van der Waals surface area contributed by atoms with Crippen LogP contribution in [0, 0.1) is 6.92 Å². The standard InChI is InChI=1S/C29H31FN6O3S/c1-18-13-24(36-40(37,38)29(2)8-9-29)22-5-3-4-6-23(22)27(18)39-28-26(33-11-12-34-28)19-7-10-32-25(14-19)35-21-15-20(30)16-31-17-21/h3-7,10-14,20-21,31,36H,8-9,15-17H2,1-2H3,(H,32,35). The number of aryl methyl sites for hydroxylation is 1. The lowest BCUT2D eigenvalue weighted by molar-refractivity contribution is 0.255. The molecule has 2 atom stereocenters. The molecule has 9 nitrogen and oxygen atoms in total. The molecule has 0 amide bonds. The molecular weight excluding hydrogens is 531 g/mol. The van der Waals surface area contributed by atoms with Crippen LogP contribution in [0.5, 0.6) is 11.6 Å². The van der Waals surface area contributed by atoms with Crippen LogP contribution in [-0.2, 0) is 10.0 Å². The molecule has 11 heteroatoms. The molecule has 0 bridgehead atoms. The smallest absolute Gasteiger partial charge is 0.246 e. The van der Waals surface area contributed by atoms with Crippen LogP contribution in [0.1, 0.15) is 31.7 Å². The van der Waals surface area contributed by atoms with Crippen LogP contribution in [0.4, 0.5) is 15.9 Å². The van der Waals surface area contributed by atoms with Crippen LogP contribution in [0.2, 0.25) is 0 Å². The van der Waals surface area contributed by atoms with Gasteiger partial charge in [0, 0.05) is 60.5 Å². The molecule has 1 saturated heterocycles. The second-order valence-corrected chi connectivity index (χ2v) is 12.9. The van der Waals surface area contributed by atoms with Crippen molar-refractivity contribution < 1.29 is 17.5 Å². The quantitative estimate of drug-likeness (QED) is 0.268. The fraction of sp³-hybridized carbons (Fsp3) is 0.345. The molecule has 40 heavy (non-hydrogen) atoms. The first-order valence-electron chi connectivity index (χ1n) is 13.3. The molecule has 3 N–H and O–H groups in total. The largest absolute Gasteiger partial charge is 0.436 e. The third-order valence-corrected chi connectivity index (χ3v) is 9.77. The highest BCUT2D eigenvalue weighted by Crippen LogP contribution is 2.45. The van der Waals surface area contributed by atoms with Gasteiger partial charge in [-0.05, 0) is 50.5 Å². The van der Waals surface area contributed by atoms with Crippen molar-refractivity contribution in [2.24, 2.45) is 0 Å². The number of fused-ring (bicyclic) bond motifs is 1. The number of pyridine rings is 1. The fourth-order valence-corrected chi connectivity index (χ4v) is 6.33. The van der Waals surface area contributed by atoms with Crippen LogP contribution < -0.4 is 20.1 Å². The summed E-state index contributed by atoms with van der Waals surface area (Å²) >= 11 is 0. The maximum Gasteiger partial charge on any atom is 0.246 e. The average molecular weight is 563 g/mol. The molecule has 1 aliphatic carbocycles. The van der Waals surface area contributed by atoms with Crippen molar-refractivity contribution in [2.75, 3.05) is 23.1 Å². The number of anilines is 2. The van der Waals surface area contributed by atoms with Crippen LogP contribution >= 0.6 is 0 Å². The Morgan fingerprint density at radius 3 is 2.58 bits per heavy atom. The van der Waals surface area contributed by atoms with Gasteiger partial charge in [-0.15, -0.1) is 0 Å². The Balaban J connectivity index is 1.33. The topological polar surface area (TPSA) is 118 Å². The van der Waals surface area contributed by atoms with E-state index in [-0.39, 0.29) is 6.04 Å². The first-order valence-corrected chi connectivity index (χ1v) is 14.8. The lowest BCUT2D eigenvalue weighted by Gasteiger charge is -2.26. The Morgan fingerprint density at radius 1 is 1.02 bits per heavy atom. The summed E-state index contributed by atoms with van der Waals surface area (Å²) in [6, 6.07) is 12.9. The summed E-state index contributed by atoms with van der Waals surface area (Å²) in [6.45, 7) is 4.66. The number of piperidine rings is 1. The van der Waals surface area contributed by atoms with Gasteiger partial charge in [-0.2, -0.15) is 0 Å². The Bertz CT molecular complexity index is 1680. The van der Waals surface area contributed by atoms with E-state index < -0.39 is 20.9 Å². The molecule has 1 aliphatic heterocycles. The second-order valence-electron chi connectivity index (χ2n) is 10.7. The van der Waals surface area contributed by atoms with E-state index in [1.165, 1.54) is 0 Å². The van der Waals surface area contributed by atoms with E-state index in [4.69, 9.17) is 4.74 Å². The van der Waals surface area contributed by atoms with Crippen molar-refractivity contribution in [1.82, 2.24) is 20.3 Å². The Labute approximate surface area is 232 Å². The summed E-state index contributed by atoms with van der Waals surface area (Å²) < 4.78 is 48.4. The van der Waals surface area contributed by atoms with Crippen molar-refractivity contribution in [2.45, 2.75) is 50.1 Å². The highest BCUT2D eigenvalue weighted by atomic mass is 32.2. The van der Waals surface area contributed by atoms with E-state index in [0.717, 1.165) is 21.9 Å². The lowest BCUT2D eigenvalue weighted by atomic mass is 10.0. The Morgan fingerprint density at radius 2 is 1.80 bits per heavy atom. The zero-order valence-corrected chi connectivity index (χ0v) is 23.1. The predicted octanol–water partition coefficient (Wildman–Crippen LogP) is 5.20. The number of nitrogens with zero attached hydrogens (tertiary/aromatic N) is 3. The normalized spacial score (nSPS) is 20.2. The minimum atomic E-state index is -3.53. The number of nitrogens with one attached hydrogen (secondary N) is 3. The van der Waals surface area contributed by atoms with E-state index in [1.54, 1.807) is 31.6 Å². The molecule has 3 heterocycles. The molecule has 2 aliphatic rings. The SMILES string of the molecule is Cc1cc(NS(=O)(=O)C2(C)CC2)c2ccccc2c1Oc1nccnc1-c1ccnc(NC2CNCC(F)C2)c1. The molecule has 6 rings (SSSR count). The van der Waals surface area contributed by atoms with Gasteiger partial charge in [-0.3, -0.25) is 4.72 Å². The number of hydrogen-bond acceptors (Lipinski definition) is 8. The maximum absolute atomic E-state index is 13.9. The van der Waals surface area contributed by atoms with Crippen LogP contribution in [0.3, 0.4) is 0 Å². The van der Waals surface area contributed by atoms with Gasteiger partial charge in [0.05, 0.1) is 10.4 Å². The van der Waals surface area contributed by atoms with Crippen molar-refractivity contribution in [3.05, 3.63) is 66.6 Å². The monoisotopic (exact) mass is 562 g/mol. The van der Waals surface area contributed by atoms with Gasteiger partial charge >= 0.3 is 0 Å². The highest BCUT2D eigenvalue weighted by Gasteiger charge is 2.50. The van der Waals surface area contributed by atoms with E-state index in [9.17, 15) is 12.8 Å². The number of benzene rings is 2. The molecule has 2 unspecified atom stereocenters. The zero-order chi connectivity index (χ0) is 27.9. The number of halogens is 1. The molecule has 0 radical (unpaired) electrons. The Hall–Kier alpha value is -3.83. The molecule has 4 aromatic rings. The summed E-state index contributed by atoms with van der Waals surface area (Å²) in [5.74, 6) is 1.47. The van der Waals surface area contributed by atoms with E-state index >= 15 is 0 Å². The fourth-order valence-electron chi connectivity index (χ4n) is 4.98. The summed E-state index contributed by atoms with van der Waals surface area (Å²) in [5, 5.41) is 7.87. The van der Waals surface area contributed by atoms with Crippen LogP contribution in [-0.4, -0.2) is 53.4 Å². The number of ether oxygens (including phenoxy) is 1. The average Bonchev–Trinajstić information content (AvgIpc) is 3.70. The van der Waals surface area contributed by atoms with Crippen LogP contribution in [0.15, 0.2) is 61.1 Å². The summed E-state index contributed by atoms with van der Waals surface area (Å²) in [4.78, 5) is 13.4. The van der Waals surface area contributed by atoms with Crippen molar-refractivity contribution in [3.8, 4) is 22.9 Å². The minimum Gasteiger partial charge on any atom is -0.436 e. The Kier molecular flexibility index (Phi) is 6.79. The van der Waals surface area contributed by atoms with Gasteiger partial charge in [0.15, 0.2) is 0 Å². The zero-order valence-electron chi connectivity index (χ0n) is 22.3. The number of rotatable bonds is 8. The third kappa shape index (κ3) is 5.18. The second kappa shape index (κ2) is 10.3. The summed E-state index contributed by atoms with van der Waals surface area (Å²) in [6.07, 6.45) is 5.63. The molecule has 2 aromatic carbocycles. The van der Waals surface area contributed by atoms with Crippen molar-refractivity contribution in [1.29, 1.82) is 0 Å². The lowest BCUT2D eigenvalue weighted by Crippen LogP contribution is -2.44. The number of alkyl halides is 1. The molecule has 208 valence electrons. The molecule has 0 spiro atoms. The van der Waals surface area contributed by atoms with Gasteiger partial charge in [-0.25, -0.2) is 27.8 Å². The predicted molar refractivity (Wildman–Crippen MR) is 154 cm³/mol. The molecule has 2 fully saturated rings. The summed E-state index contributed by atoms with van der Waals surface area (Å²) in [5.41, 5.74) is 2.53. The maximum atomic E-state index is 13.9. The highest BCUT2D eigenvalue weighted by molar-refractivity contribution is 7.94. The molecule has 1 saturated carbocycles. The number of sulfonamides is 1. The van der Waals surface area contributed by atoms with Gasteiger partial charge in [0.1, 0.15) is 23.4 Å². The first-order chi connectivity index (χ1) is 19.2. The van der Waals surface area contributed by atoms with Crippen molar-refractivity contribution >= 4 is 32.3 Å². The van der Waals surface area contributed by atoms with Gasteiger partial charge in [-0.1, -0.05) is 24.3 Å². The molecular formula is C29H31FN6O3S. The van der Waals surface area contributed by atoms with Gasteiger partial charge < -0.3 is 15.4 Å². The van der Waals surface area contributed by atoms with E-state index in [2.05, 4.69) is 30.3 Å².